The Labute approximate surface area is 152 Å². The van der Waals surface area contributed by atoms with E-state index in [9.17, 15) is 9.59 Å². The third kappa shape index (κ3) is 4.76. The fourth-order valence-electron chi connectivity index (χ4n) is 2.32. The van der Waals surface area contributed by atoms with Crippen LogP contribution in [0.4, 0.5) is 0 Å². The maximum absolute atomic E-state index is 12.5. The maximum atomic E-state index is 12.5. The largest absolute Gasteiger partial charge is 0.463 e. The lowest BCUT2D eigenvalue weighted by atomic mass is 9.95. The zero-order valence-electron chi connectivity index (χ0n) is 14.6. The number of aliphatic hydroxyl groups is 2. The fourth-order valence-corrected chi connectivity index (χ4v) is 2.32. The molecule has 2 aromatic carbocycles. The molecule has 0 aromatic heterocycles. The summed E-state index contributed by atoms with van der Waals surface area (Å²) in [5, 5.41) is 18.3. The van der Waals surface area contributed by atoms with Gasteiger partial charge in [0.1, 0.15) is 6.61 Å². The molecule has 0 heterocycles. The van der Waals surface area contributed by atoms with Gasteiger partial charge >= 0.3 is 5.97 Å². The van der Waals surface area contributed by atoms with Gasteiger partial charge in [-0.2, -0.15) is 0 Å². The van der Waals surface area contributed by atoms with Crippen molar-refractivity contribution >= 4 is 11.8 Å². The molecule has 0 unspecified atom stereocenters. The molecule has 0 saturated carbocycles. The summed E-state index contributed by atoms with van der Waals surface area (Å²) in [6.45, 7) is 0.342. The third-order valence-electron chi connectivity index (χ3n) is 4.17. The molecule has 0 aliphatic carbocycles. The molecular formula is C20H23NO5. The second-order valence-corrected chi connectivity index (χ2v) is 6.33. The van der Waals surface area contributed by atoms with Crippen molar-refractivity contribution in [3.05, 3.63) is 71.3 Å². The molecule has 26 heavy (non-hydrogen) atoms. The monoisotopic (exact) mass is 357 g/mol. The van der Waals surface area contributed by atoms with Crippen LogP contribution in [0, 0.1) is 0 Å². The van der Waals surface area contributed by atoms with Gasteiger partial charge in [0.25, 0.3) is 0 Å². The normalized spacial score (nSPS) is 12.5. The van der Waals surface area contributed by atoms with Crippen LogP contribution in [-0.2, 0) is 9.53 Å². The molecule has 2 aromatic rings. The molecule has 0 bridgehead atoms. The van der Waals surface area contributed by atoms with Crippen molar-refractivity contribution in [3.8, 4) is 0 Å². The van der Waals surface area contributed by atoms with Crippen LogP contribution in [0.2, 0.25) is 0 Å². The van der Waals surface area contributed by atoms with E-state index in [1.807, 2.05) is 6.07 Å². The number of hydrogen-bond acceptors (Lipinski definition) is 6. The number of nitrogens with two attached hydrogens (primary N) is 1. The number of esters is 1. The van der Waals surface area contributed by atoms with Gasteiger partial charge in [0.15, 0.2) is 5.78 Å². The number of ketones is 1. The van der Waals surface area contributed by atoms with E-state index in [0.717, 1.165) is 0 Å². The van der Waals surface area contributed by atoms with Crippen LogP contribution in [0.15, 0.2) is 54.6 Å². The SMILES string of the molecule is C[C@H](C(=O)OCC(N)(CO)CO)c1cccc(C(=O)c2ccccc2)c1. The molecular weight excluding hydrogens is 334 g/mol. The molecule has 138 valence electrons. The molecule has 0 aliphatic heterocycles. The average Bonchev–Trinajstić information content (AvgIpc) is 2.71. The lowest BCUT2D eigenvalue weighted by Gasteiger charge is -2.24. The van der Waals surface area contributed by atoms with Gasteiger partial charge in [-0.25, -0.2) is 0 Å². The van der Waals surface area contributed by atoms with Crippen LogP contribution in [0.25, 0.3) is 0 Å². The first-order chi connectivity index (χ1) is 12.4. The quantitative estimate of drug-likeness (QED) is 0.484. The van der Waals surface area contributed by atoms with E-state index in [4.69, 9.17) is 20.7 Å². The first-order valence-electron chi connectivity index (χ1n) is 8.27. The van der Waals surface area contributed by atoms with E-state index < -0.39 is 30.6 Å². The highest BCUT2D eigenvalue weighted by Crippen LogP contribution is 2.20. The fraction of sp³-hybridized carbons (Fsp3) is 0.300. The standard InChI is InChI=1S/C20H23NO5/c1-14(19(25)26-13-20(21,11-22)12-23)16-8-5-9-17(10-16)18(24)15-6-3-2-4-7-15/h2-10,14,22-23H,11-13,21H2,1H3/t14-/m0/s1. The average molecular weight is 357 g/mol. The van der Waals surface area contributed by atoms with E-state index in [1.165, 1.54) is 0 Å². The van der Waals surface area contributed by atoms with E-state index >= 15 is 0 Å². The summed E-state index contributed by atoms with van der Waals surface area (Å²) in [5.74, 6) is -1.30. The smallest absolute Gasteiger partial charge is 0.313 e. The minimum Gasteiger partial charge on any atom is -0.463 e. The number of rotatable bonds is 8. The first-order valence-corrected chi connectivity index (χ1v) is 8.27. The molecule has 0 spiro atoms. The van der Waals surface area contributed by atoms with Crippen LogP contribution < -0.4 is 5.73 Å². The zero-order chi connectivity index (χ0) is 19.2. The van der Waals surface area contributed by atoms with Crippen LogP contribution in [0.1, 0.15) is 34.3 Å². The van der Waals surface area contributed by atoms with Crippen LogP contribution >= 0.6 is 0 Å². The van der Waals surface area contributed by atoms with Crippen molar-refractivity contribution in [2.75, 3.05) is 19.8 Å². The summed E-state index contributed by atoms with van der Waals surface area (Å²) in [4.78, 5) is 24.8. The number of ether oxygens (including phenoxy) is 1. The van der Waals surface area contributed by atoms with Crippen molar-refractivity contribution in [1.29, 1.82) is 0 Å². The van der Waals surface area contributed by atoms with Crippen LogP contribution in [-0.4, -0.2) is 47.3 Å². The number of hydrogen-bond donors (Lipinski definition) is 3. The maximum Gasteiger partial charge on any atom is 0.313 e. The summed E-state index contributed by atoms with van der Waals surface area (Å²) >= 11 is 0. The van der Waals surface area contributed by atoms with Crippen molar-refractivity contribution in [1.82, 2.24) is 0 Å². The topological polar surface area (TPSA) is 110 Å². The van der Waals surface area contributed by atoms with E-state index in [2.05, 4.69) is 0 Å². The van der Waals surface area contributed by atoms with Gasteiger partial charge in [-0.3, -0.25) is 9.59 Å². The summed E-state index contributed by atoms with van der Waals surface area (Å²) in [6.07, 6.45) is 0. The molecule has 4 N–H and O–H groups in total. The van der Waals surface area contributed by atoms with Crippen LogP contribution in [0.3, 0.4) is 0 Å². The predicted octanol–water partition coefficient (Wildman–Crippen LogP) is 1.25. The van der Waals surface area contributed by atoms with Gasteiger partial charge in [0, 0.05) is 11.1 Å². The molecule has 0 aliphatic rings. The Bertz CT molecular complexity index is 756. The second-order valence-electron chi connectivity index (χ2n) is 6.33. The number of benzene rings is 2. The number of carbonyl (C=O) groups excluding carboxylic acids is 2. The van der Waals surface area contributed by atoms with Gasteiger partial charge in [0.2, 0.25) is 0 Å². The van der Waals surface area contributed by atoms with Gasteiger partial charge in [0.05, 0.1) is 24.7 Å². The molecule has 0 saturated heterocycles. The van der Waals surface area contributed by atoms with Gasteiger partial charge in [-0.15, -0.1) is 0 Å². The Balaban J connectivity index is 2.11. The molecule has 0 amide bonds. The van der Waals surface area contributed by atoms with Crippen LogP contribution in [0.5, 0.6) is 0 Å². The van der Waals surface area contributed by atoms with Gasteiger partial charge in [-0.1, -0.05) is 48.5 Å². The van der Waals surface area contributed by atoms with Gasteiger partial charge in [-0.05, 0) is 18.6 Å². The minimum absolute atomic E-state index is 0.130. The van der Waals surface area contributed by atoms with Gasteiger partial charge < -0.3 is 20.7 Å². The summed E-state index contributed by atoms with van der Waals surface area (Å²) in [7, 11) is 0. The summed E-state index contributed by atoms with van der Waals surface area (Å²) in [6, 6.07) is 15.7. The van der Waals surface area contributed by atoms with E-state index in [1.54, 1.807) is 55.5 Å². The highest BCUT2D eigenvalue weighted by atomic mass is 16.5. The lowest BCUT2D eigenvalue weighted by Crippen LogP contribution is -2.52. The zero-order valence-corrected chi connectivity index (χ0v) is 14.6. The van der Waals surface area contributed by atoms with Crippen molar-refractivity contribution in [2.24, 2.45) is 5.73 Å². The Kier molecular flexibility index (Phi) is 6.63. The second kappa shape index (κ2) is 8.71. The predicted molar refractivity (Wildman–Crippen MR) is 96.8 cm³/mol. The summed E-state index contributed by atoms with van der Waals surface area (Å²) < 4.78 is 5.12. The number of carbonyl (C=O) groups is 2. The molecule has 2 rings (SSSR count). The lowest BCUT2D eigenvalue weighted by molar-refractivity contribution is -0.148. The third-order valence-corrected chi connectivity index (χ3v) is 4.17. The molecule has 1 atom stereocenters. The molecule has 6 heteroatoms. The van der Waals surface area contributed by atoms with E-state index in [-0.39, 0.29) is 12.4 Å². The van der Waals surface area contributed by atoms with E-state index in [0.29, 0.717) is 16.7 Å². The molecule has 6 nitrogen and oxygen atoms in total. The van der Waals surface area contributed by atoms with Crippen molar-refractivity contribution in [2.45, 2.75) is 18.4 Å². The molecule has 0 fully saturated rings. The number of aliphatic hydroxyl groups excluding tert-OH is 2. The van der Waals surface area contributed by atoms with Crippen molar-refractivity contribution in [3.63, 3.8) is 0 Å². The Morgan fingerprint density at radius 2 is 1.65 bits per heavy atom. The minimum atomic E-state index is -1.37. The Morgan fingerprint density at radius 3 is 2.27 bits per heavy atom. The first kappa shape index (κ1) is 19.8. The Morgan fingerprint density at radius 1 is 1.04 bits per heavy atom. The highest BCUT2D eigenvalue weighted by molar-refractivity contribution is 6.09. The van der Waals surface area contributed by atoms with Crippen molar-refractivity contribution < 1.29 is 24.5 Å². The Hall–Kier alpha value is -2.54. The summed E-state index contributed by atoms with van der Waals surface area (Å²) in [5.41, 5.74) is 5.99. The molecule has 0 radical (unpaired) electrons. The highest BCUT2D eigenvalue weighted by Gasteiger charge is 2.27.